The Morgan fingerprint density at radius 2 is 2.07 bits per heavy atom. The predicted molar refractivity (Wildman–Crippen MR) is 115 cm³/mol. The van der Waals surface area contributed by atoms with Crippen LogP contribution in [0.1, 0.15) is 42.7 Å². The predicted octanol–water partition coefficient (Wildman–Crippen LogP) is 3.87. The molecule has 1 saturated heterocycles. The first kappa shape index (κ1) is 19.9. The standard InChI is InChI=1S/C22H27N3O3S/c1-15-8-10-24(11-9-15)14-21(26)25-18(13-17(23-25)20-7-4-12-29-20)16-5-3-6-19(28-2)22(16)27/h3-7,12,15,18,27H,8-11,13-14H2,1-2H3/t18-/m0/s1. The molecule has 2 aromatic rings. The number of carbonyl (C=O) groups excluding carboxylic acids is 1. The summed E-state index contributed by atoms with van der Waals surface area (Å²) in [5, 5.41) is 19.0. The molecular formula is C22H27N3O3S. The van der Waals surface area contributed by atoms with Crippen molar-refractivity contribution in [1.82, 2.24) is 9.91 Å². The second-order valence-corrected chi connectivity index (χ2v) is 8.79. The molecule has 0 radical (unpaired) electrons. The summed E-state index contributed by atoms with van der Waals surface area (Å²) in [6, 6.07) is 9.07. The number of carbonyl (C=O) groups is 1. The maximum absolute atomic E-state index is 13.2. The van der Waals surface area contributed by atoms with E-state index in [0.717, 1.165) is 42.4 Å². The van der Waals surface area contributed by atoms with Crippen molar-refractivity contribution in [1.29, 1.82) is 0 Å². The van der Waals surface area contributed by atoms with Crippen LogP contribution in [0.5, 0.6) is 11.5 Å². The molecule has 1 aromatic heterocycles. The van der Waals surface area contributed by atoms with E-state index in [1.165, 1.54) is 7.11 Å². The van der Waals surface area contributed by atoms with Gasteiger partial charge >= 0.3 is 0 Å². The largest absolute Gasteiger partial charge is 0.504 e. The van der Waals surface area contributed by atoms with Crippen LogP contribution in [0.4, 0.5) is 0 Å². The van der Waals surface area contributed by atoms with Crippen molar-refractivity contribution in [3.8, 4) is 11.5 Å². The molecule has 1 amide bonds. The molecule has 0 unspecified atom stereocenters. The summed E-state index contributed by atoms with van der Waals surface area (Å²) in [7, 11) is 1.53. The molecule has 6 nitrogen and oxygen atoms in total. The van der Waals surface area contributed by atoms with E-state index in [0.29, 0.717) is 24.3 Å². The summed E-state index contributed by atoms with van der Waals surface area (Å²) in [5.74, 6) is 1.17. The highest BCUT2D eigenvalue weighted by atomic mass is 32.1. The summed E-state index contributed by atoms with van der Waals surface area (Å²) >= 11 is 1.61. The van der Waals surface area contributed by atoms with Gasteiger partial charge in [0.15, 0.2) is 11.5 Å². The Hall–Kier alpha value is -2.38. The molecule has 1 N–H and O–H groups in total. The number of amides is 1. The van der Waals surface area contributed by atoms with Gasteiger partial charge in [-0.05, 0) is 49.4 Å². The molecular weight excluding hydrogens is 386 g/mol. The second kappa shape index (κ2) is 8.55. The average molecular weight is 414 g/mol. The zero-order valence-electron chi connectivity index (χ0n) is 16.9. The van der Waals surface area contributed by atoms with Crippen LogP contribution in [0.15, 0.2) is 40.8 Å². The fourth-order valence-electron chi connectivity index (χ4n) is 4.03. The highest BCUT2D eigenvalue weighted by molar-refractivity contribution is 7.12. The van der Waals surface area contributed by atoms with Crippen LogP contribution >= 0.6 is 11.3 Å². The van der Waals surface area contributed by atoms with Crippen LogP contribution in [0.25, 0.3) is 0 Å². The first-order valence-corrected chi connectivity index (χ1v) is 11.0. The topological polar surface area (TPSA) is 65.4 Å². The van der Waals surface area contributed by atoms with Gasteiger partial charge in [-0.25, -0.2) is 5.01 Å². The maximum Gasteiger partial charge on any atom is 0.257 e. The number of benzene rings is 1. The number of hydrazone groups is 1. The van der Waals surface area contributed by atoms with Crippen LogP contribution in [0.2, 0.25) is 0 Å². The Balaban J connectivity index is 1.60. The minimum Gasteiger partial charge on any atom is -0.504 e. The van der Waals surface area contributed by atoms with Crippen molar-refractivity contribution in [3.05, 3.63) is 46.2 Å². The van der Waals surface area contributed by atoms with Crippen LogP contribution in [-0.4, -0.2) is 53.4 Å². The van der Waals surface area contributed by atoms with Gasteiger partial charge in [-0.1, -0.05) is 25.1 Å². The number of hydrogen-bond donors (Lipinski definition) is 1. The number of methoxy groups -OCH3 is 1. The Labute approximate surface area is 175 Å². The summed E-state index contributed by atoms with van der Waals surface area (Å²) in [4.78, 5) is 16.5. The van der Waals surface area contributed by atoms with Crippen molar-refractivity contribution in [2.75, 3.05) is 26.7 Å². The average Bonchev–Trinajstić information content (AvgIpc) is 3.39. The van der Waals surface area contributed by atoms with Crippen molar-refractivity contribution in [3.63, 3.8) is 0 Å². The Morgan fingerprint density at radius 1 is 1.28 bits per heavy atom. The molecule has 3 heterocycles. The lowest BCUT2D eigenvalue weighted by atomic mass is 9.98. The van der Waals surface area contributed by atoms with E-state index in [1.807, 2.05) is 29.6 Å². The number of ether oxygens (including phenoxy) is 1. The molecule has 0 bridgehead atoms. The number of rotatable bonds is 5. The minimum absolute atomic E-state index is 0.0293. The van der Waals surface area contributed by atoms with Gasteiger partial charge in [0.2, 0.25) is 0 Å². The van der Waals surface area contributed by atoms with Gasteiger partial charge in [0.25, 0.3) is 5.91 Å². The number of para-hydroxylation sites is 1. The fraction of sp³-hybridized carbons (Fsp3) is 0.455. The number of piperidine rings is 1. The van der Waals surface area contributed by atoms with Gasteiger partial charge in [0.1, 0.15) is 0 Å². The zero-order valence-corrected chi connectivity index (χ0v) is 17.7. The van der Waals surface area contributed by atoms with Crippen LogP contribution in [0, 0.1) is 5.92 Å². The molecule has 154 valence electrons. The van der Waals surface area contributed by atoms with Crippen LogP contribution in [0.3, 0.4) is 0 Å². The van der Waals surface area contributed by atoms with E-state index < -0.39 is 0 Å². The molecule has 1 aromatic carbocycles. The van der Waals surface area contributed by atoms with E-state index in [-0.39, 0.29) is 17.7 Å². The SMILES string of the molecule is COc1cccc([C@@H]2CC(c3cccs3)=NN2C(=O)CN2CCC(C)CC2)c1O. The van der Waals surface area contributed by atoms with Crippen molar-refractivity contribution >= 4 is 23.0 Å². The third kappa shape index (κ3) is 4.16. The smallest absolute Gasteiger partial charge is 0.257 e. The number of thiophene rings is 1. The Bertz CT molecular complexity index is 889. The van der Waals surface area contributed by atoms with Gasteiger partial charge < -0.3 is 9.84 Å². The molecule has 29 heavy (non-hydrogen) atoms. The van der Waals surface area contributed by atoms with E-state index in [4.69, 9.17) is 9.84 Å². The van der Waals surface area contributed by atoms with Gasteiger partial charge in [-0.2, -0.15) is 5.10 Å². The first-order valence-electron chi connectivity index (χ1n) is 10.1. The lowest BCUT2D eigenvalue weighted by Crippen LogP contribution is -2.41. The summed E-state index contributed by atoms with van der Waals surface area (Å²) in [5.41, 5.74) is 1.55. The molecule has 0 aliphatic carbocycles. The van der Waals surface area contributed by atoms with Crippen molar-refractivity contribution in [2.24, 2.45) is 11.0 Å². The third-order valence-electron chi connectivity index (χ3n) is 5.82. The van der Waals surface area contributed by atoms with E-state index in [9.17, 15) is 9.90 Å². The molecule has 0 saturated carbocycles. The molecule has 1 fully saturated rings. The van der Waals surface area contributed by atoms with Crippen molar-refractivity contribution < 1.29 is 14.6 Å². The van der Waals surface area contributed by atoms with Gasteiger partial charge in [-0.15, -0.1) is 11.3 Å². The third-order valence-corrected chi connectivity index (χ3v) is 6.73. The number of hydrogen-bond acceptors (Lipinski definition) is 6. The Morgan fingerprint density at radius 3 is 2.76 bits per heavy atom. The minimum atomic E-state index is -0.335. The van der Waals surface area contributed by atoms with Crippen LogP contribution in [-0.2, 0) is 4.79 Å². The summed E-state index contributed by atoms with van der Waals surface area (Å²) in [6.07, 6.45) is 2.82. The molecule has 1 atom stereocenters. The molecule has 0 spiro atoms. The molecule has 2 aliphatic heterocycles. The quantitative estimate of drug-likeness (QED) is 0.808. The summed E-state index contributed by atoms with van der Waals surface area (Å²) < 4.78 is 5.27. The highest BCUT2D eigenvalue weighted by Gasteiger charge is 2.36. The summed E-state index contributed by atoms with van der Waals surface area (Å²) in [6.45, 7) is 4.50. The number of nitrogens with zero attached hydrogens (tertiary/aromatic N) is 3. The van der Waals surface area contributed by atoms with E-state index in [1.54, 1.807) is 22.4 Å². The zero-order chi connectivity index (χ0) is 20.4. The van der Waals surface area contributed by atoms with E-state index in [2.05, 4.69) is 11.8 Å². The highest BCUT2D eigenvalue weighted by Crippen LogP contribution is 2.41. The number of likely N-dealkylation sites (tertiary alicyclic amines) is 1. The van der Waals surface area contributed by atoms with Crippen molar-refractivity contribution in [2.45, 2.75) is 32.2 Å². The lowest BCUT2D eigenvalue weighted by molar-refractivity contribution is -0.134. The monoisotopic (exact) mass is 413 g/mol. The lowest BCUT2D eigenvalue weighted by Gasteiger charge is -2.31. The fourth-order valence-corrected chi connectivity index (χ4v) is 4.75. The number of aromatic hydroxyl groups is 1. The molecule has 2 aliphatic rings. The van der Waals surface area contributed by atoms with Gasteiger partial charge in [0.05, 0.1) is 30.3 Å². The van der Waals surface area contributed by atoms with E-state index >= 15 is 0 Å². The van der Waals surface area contributed by atoms with Crippen LogP contribution < -0.4 is 4.74 Å². The Kier molecular flexibility index (Phi) is 5.87. The molecule has 7 heteroatoms. The first-order chi connectivity index (χ1) is 14.1. The normalized spacial score (nSPS) is 20.7. The van der Waals surface area contributed by atoms with Gasteiger partial charge in [0, 0.05) is 12.0 Å². The molecule has 4 rings (SSSR count). The number of phenols is 1. The maximum atomic E-state index is 13.2. The number of phenolic OH excluding ortho intramolecular Hbond substituents is 1. The van der Waals surface area contributed by atoms with Gasteiger partial charge in [-0.3, -0.25) is 9.69 Å². The second-order valence-electron chi connectivity index (χ2n) is 7.84.